The summed E-state index contributed by atoms with van der Waals surface area (Å²) in [6.07, 6.45) is 3.19. The molecule has 0 bridgehead atoms. The van der Waals surface area contributed by atoms with Gasteiger partial charge in [0.1, 0.15) is 0 Å². The fourth-order valence-corrected chi connectivity index (χ4v) is 4.91. The van der Waals surface area contributed by atoms with Crippen LogP contribution in [0.15, 0.2) is 47.3 Å². The molecule has 1 fully saturated rings. The van der Waals surface area contributed by atoms with Crippen molar-refractivity contribution in [1.29, 1.82) is 0 Å². The highest BCUT2D eigenvalue weighted by Crippen LogP contribution is 2.28. The van der Waals surface area contributed by atoms with Crippen molar-refractivity contribution < 1.29 is 9.59 Å². The minimum atomic E-state index is -0.206. The van der Waals surface area contributed by atoms with Crippen LogP contribution >= 0.6 is 23.1 Å². The number of rotatable bonds is 9. The van der Waals surface area contributed by atoms with Gasteiger partial charge in [-0.3, -0.25) is 14.5 Å². The van der Waals surface area contributed by atoms with Crippen molar-refractivity contribution in [3.63, 3.8) is 0 Å². The molecular weight excluding hydrogens is 418 g/mol. The summed E-state index contributed by atoms with van der Waals surface area (Å²) in [5, 5.41) is 11.4. The van der Waals surface area contributed by atoms with Crippen LogP contribution in [0.3, 0.4) is 0 Å². The van der Waals surface area contributed by atoms with Crippen molar-refractivity contribution >= 4 is 40.0 Å². The molecule has 9 heteroatoms. The van der Waals surface area contributed by atoms with Crippen LogP contribution in [0.5, 0.6) is 0 Å². The lowest BCUT2D eigenvalue weighted by molar-refractivity contribution is -0.132. The Labute approximate surface area is 185 Å². The first-order chi connectivity index (χ1) is 14.6. The molecule has 30 heavy (non-hydrogen) atoms. The van der Waals surface area contributed by atoms with E-state index in [1.165, 1.54) is 16.9 Å². The number of hydrogen-bond acceptors (Lipinski definition) is 7. The number of aromatic nitrogens is 2. The third kappa shape index (κ3) is 7.23. The summed E-state index contributed by atoms with van der Waals surface area (Å²) in [6.45, 7) is 7.88. The molecule has 7 nitrogen and oxygen atoms in total. The molecule has 2 amide bonds. The zero-order valence-corrected chi connectivity index (χ0v) is 18.6. The number of carbonyl (C=O) groups is 2. The van der Waals surface area contributed by atoms with Crippen molar-refractivity contribution in [2.24, 2.45) is 0 Å². The molecular formula is C21H27N5O2S2. The van der Waals surface area contributed by atoms with Crippen LogP contribution in [0.4, 0.5) is 5.13 Å². The SMILES string of the molecule is C=CCN1CCCN(C(=O)CCC(=O)Nc2nnc(SCc3ccccc3)s2)CC1. The topological polar surface area (TPSA) is 78.4 Å². The van der Waals surface area contributed by atoms with Gasteiger partial charge in [-0.25, -0.2) is 0 Å². The van der Waals surface area contributed by atoms with Gasteiger partial charge in [-0.1, -0.05) is 59.5 Å². The van der Waals surface area contributed by atoms with Crippen molar-refractivity contribution in [3.05, 3.63) is 48.6 Å². The second-order valence-electron chi connectivity index (χ2n) is 7.02. The lowest BCUT2D eigenvalue weighted by atomic mass is 10.2. The molecule has 3 rings (SSSR count). The van der Waals surface area contributed by atoms with Crippen LogP contribution in [0.25, 0.3) is 0 Å². The Kier molecular flexibility index (Phi) is 8.85. The van der Waals surface area contributed by atoms with E-state index in [9.17, 15) is 9.59 Å². The van der Waals surface area contributed by atoms with E-state index in [2.05, 4.69) is 39.1 Å². The molecule has 0 atom stereocenters. The summed E-state index contributed by atoms with van der Waals surface area (Å²) >= 11 is 2.94. The van der Waals surface area contributed by atoms with Gasteiger partial charge >= 0.3 is 0 Å². The normalized spacial score (nSPS) is 14.9. The Morgan fingerprint density at radius 3 is 2.77 bits per heavy atom. The molecule has 1 saturated heterocycles. The van der Waals surface area contributed by atoms with Gasteiger partial charge in [0.2, 0.25) is 16.9 Å². The number of nitrogens with zero attached hydrogens (tertiary/aromatic N) is 4. The van der Waals surface area contributed by atoms with Gasteiger partial charge in [-0.15, -0.1) is 16.8 Å². The fourth-order valence-electron chi connectivity index (χ4n) is 3.18. The quantitative estimate of drug-likeness (QED) is 0.363. The van der Waals surface area contributed by atoms with Crippen LogP contribution in [0.1, 0.15) is 24.8 Å². The average molecular weight is 446 g/mol. The van der Waals surface area contributed by atoms with Gasteiger partial charge in [0.25, 0.3) is 0 Å². The van der Waals surface area contributed by atoms with Crippen LogP contribution in [-0.2, 0) is 15.3 Å². The first kappa shape index (κ1) is 22.5. The maximum atomic E-state index is 12.5. The van der Waals surface area contributed by atoms with Crippen LogP contribution in [0.2, 0.25) is 0 Å². The van der Waals surface area contributed by atoms with Gasteiger partial charge < -0.3 is 10.2 Å². The highest BCUT2D eigenvalue weighted by Gasteiger charge is 2.19. The number of carbonyl (C=O) groups excluding carboxylic acids is 2. The summed E-state index contributed by atoms with van der Waals surface area (Å²) in [4.78, 5) is 28.8. The molecule has 0 saturated carbocycles. The number of nitrogens with one attached hydrogen (secondary N) is 1. The molecule has 1 aromatic heterocycles. The third-order valence-corrected chi connectivity index (χ3v) is 6.80. The summed E-state index contributed by atoms with van der Waals surface area (Å²) in [5.74, 6) is 0.627. The minimum absolute atomic E-state index is 0.0296. The summed E-state index contributed by atoms with van der Waals surface area (Å²) in [5.41, 5.74) is 1.21. The second kappa shape index (κ2) is 11.8. The first-order valence-corrected chi connectivity index (χ1v) is 11.9. The van der Waals surface area contributed by atoms with Gasteiger partial charge in [-0.2, -0.15) is 0 Å². The average Bonchev–Trinajstić information content (AvgIpc) is 3.07. The molecule has 1 aliphatic heterocycles. The lowest BCUT2D eigenvalue weighted by Crippen LogP contribution is -2.35. The molecule has 1 N–H and O–H groups in total. The maximum Gasteiger partial charge on any atom is 0.226 e. The number of amides is 2. The molecule has 1 aromatic carbocycles. The van der Waals surface area contributed by atoms with Crippen molar-refractivity contribution in [2.45, 2.75) is 29.4 Å². The Bertz CT molecular complexity index is 843. The Balaban J connectivity index is 1.38. The van der Waals surface area contributed by atoms with Crippen LogP contribution in [0, 0.1) is 0 Å². The largest absolute Gasteiger partial charge is 0.341 e. The maximum absolute atomic E-state index is 12.5. The molecule has 1 aliphatic rings. The molecule has 160 valence electrons. The van der Waals surface area contributed by atoms with Crippen molar-refractivity contribution in [2.75, 3.05) is 38.0 Å². The number of hydrogen-bond donors (Lipinski definition) is 1. The van der Waals surface area contributed by atoms with E-state index in [0.717, 1.165) is 42.7 Å². The predicted molar refractivity (Wildman–Crippen MR) is 122 cm³/mol. The van der Waals surface area contributed by atoms with Crippen molar-refractivity contribution in [3.8, 4) is 0 Å². The van der Waals surface area contributed by atoms with E-state index in [1.54, 1.807) is 11.8 Å². The van der Waals surface area contributed by atoms with Crippen LogP contribution < -0.4 is 5.32 Å². The molecule has 2 aromatic rings. The zero-order chi connectivity index (χ0) is 21.2. The zero-order valence-electron chi connectivity index (χ0n) is 17.0. The smallest absolute Gasteiger partial charge is 0.226 e. The monoisotopic (exact) mass is 445 g/mol. The van der Waals surface area contributed by atoms with E-state index >= 15 is 0 Å². The van der Waals surface area contributed by atoms with E-state index in [4.69, 9.17) is 0 Å². The summed E-state index contributed by atoms with van der Waals surface area (Å²) in [6, 6.07) is 10.1. The van der Waals surface area contributed by atoms with Crippen LogP contribution in [-0.4, -0.2) is 64.5 Å². The van der Waals surface area contributed by atoms with E-state index in [1.807, 2.05) is 29.2 Å². The third-order valence-electron chi connectivity index (χ3n) is 4.75. The standard InChI is InChI=1S/C21H27N5O2S2/c1-2-11-25-12-6-13-26(15-14-25)19(28)10-9-18(27)22-20-23-24-21(30-20)29-16-17-7-4-3-5-8-17/h2-5,7-8H,1,6,9-16H2,(H,22,23,27). The van der Waals surface area contributed by atoms with Gasteiger partial charge in [0.05, 0.1) is 0 Å². The van der Waals surface area contributed by atoms with Gasteiger partial charge in [0, 0.05) is 51.3 Å². The Hall–Kier alpha value is -2.23. The molecule has 0 radical (unpaired) electrons. The summed E-state index contributed by atoms with van der Waals surface area (Å²) in [7, 11) is 0. The van der Waals surface area contributed by atoms with E-state index in [0.29, 0.717) is 11.7 Å². The fraction of sp³-hybridized carbons (Fsp3) is 0.429. The Morgan fingerprint density at radius 1 is 1.13 bits per heavy atom. The predicted octanol–water partition coefficient (Wildman–Crippen LogP) is 3.27. The second-order valence-corrected chi connectivity index (χ2v) is 9.22. The summed E-state index contributed by atoms with van der Waals surface area (Å²) < 4.78 is 0.805. The molecule has 0 unspecified atom stereocenters. The molecule has 2 heterocycles. The molecule has 0 aliphatic carbocycles. The van der Waals surface area contributed by atoms with E-state index < -0.39 is 0 Å². The van der Waals surface area contributed by atoms with E-state index in [-0.39, 0.29) is 24.7 Å². The van der Waals surface area contributed by atoms with Gasteiger partial charge in [0.15, 0.2) is 4.34 Å². The molecule has 0 spiro atoms. The number of anilines is 1. The highest BCUT2D eigenvalue weighted by molar-refractivity contribution is 8.00. The Morgan fingerprint density at radius 2 is 1.97 bits per heavy atom. The lowest BCUT2D eigenvalue weighted by Gasteiger charge is -2.21. The van der Waals surface area contributed by atoms with Crippen molar-refractivity contribution in [1.82, 2.24) is 20.0 Å². The number of benzene rings is 1. The minimum Gasteiger partial charge on any atom is -0.341 e. The highest BCUT2D eigenvalue weighted by atomic mass is 32.2. The number of thioether (sulfide) groups is 1. The van der Waals surface area contributed by atoms with Gasteiger partial charge in [-0.05, 0) is 12.0 Å². The first-order valence-electron chi connectivity index (χ1n) is 10.0.